The summed E-state index contributed by atoms with van der Waals surface area (Å²) in [5, 5.41) is 13.5. The van der Waals surface area contributed by atoms with E-state index in [0.29, 0.717) is 11.4 Å². The van der Waals surface area contributed by atoms with Gasteiger partial charge < -0.3 is 0 Å². The van der Waals surface area contributed by atoms with Crippen molar-refractivity contribution in [3.05, 3.63) is 69.4 Å². The molecule has 22 heavy (non-hydrogen) atoms. The highest BCUT2D eigenvalue weighted by molar-refractivity contribution is 6.26. The van der Waals surface area contributed by atoms with Crippen LogP contribution in [0, 0.1) is 0 Å². The van der Waals surface area contributed by atoms with E-state index >= 15 is 0 Å². The zero-order valence-corrected chi connectivity index (χ0v) is 11.3. The molecule has 0 saturated heterocycles. The molecule has 6 nitrogen and oxygen atoms in total. The summed E-state index contributed by atoms with van der Waals surface area (Å²) >= 11 is 0. The molecule has 102 valence electrons. The lowest BCUT2D eigenvalue weighted by Gasteiger charge is -2.13. The topological polar surface area (TPSA) is 97.5 Å². The van der Waals surface area contributed by atoms with E-state index in [-0.39, 0.29) is 0 Å². The third-order valence-corrected chi connectivity index (χ3v) is 3.92. The summed E-state index contributed by atoms with van der Waals surface area (Å²) < 4.78 is 0. The first-order chi connectivity index (χ1) is 10.8. The Morgan fingerprint density at radius 2 is 1.00 bits per heavy atom. The third-order valence-electron chi connectivity index (χ3n) is 3.92. The molecule has 0 unspecified atom stereocenters. The van der Waals surface area contributed by atoms with Crippen LogP contribution in [0.1, 0.15) is 0 Å². The number of benzene rings is 4. The zero-order chi connectivity index (χ0) is 15.1. The fourth-order valence-corrected chi connectivity index (χ4v) is 3.04. The van der Waals surface area contributed by atoms with Crippen LogP contribution >= 0.6 is 0 Å². The van der Waals surface area contributed by atoms with Gasteiger partial charge in [0.2, 0.25) is 0 Å². The number of hydrogen-bond donors (Lipinski definition) is 0. The van der Waals surface area contributed by atoms with Crippen LogP contribution in [0.2, 0.25) is 0 Å². The van der Waals surface area contributed by atoms with E-state index in [1.807, 2.05) is 48.5 Å². The fourth-order valence-electron chi connectivity index (χ4n) is 3.04. The molecular formula is C16H8N6. The van der Waals surface area contributed by atoms with Crippen molar-refractivity contribution in [2.75, 3.05) is 0 Å². The minimum atomic E-state index is 0.596. The summed E-state index contributed by atoms with van der Waals surface area (Å²) in [4.78, 5) is 5.79. The molecule has 0 amide bonds. The molecule has 6 heteroatoms. The summed E-state index contributed by atoms with van der Waals surface area (Å²) in [6.07, 6.45) is 0. The summed E-state index contributed by atoms with van der Waals surface area (Å²) in [5.74, 6) is 0. The molecule has 0 bridgehead atoms. The molecule has 0 aliphatic carbocycles. The fraction of sp³-hybridized carbons (Fsp3) is 0. The first kappa shape index (κ1) is 12.3. The van der Waals surface area contributed by atoms with Gasteiger partial charge >= 0.3 is 0 Å². The largest absolute Gasteiger partial charge is 0.0601 e. The maximum Gasteiger partial charge on any atom is 0.0454 e. The lowest BCUT2D eigenvalue weighted by atomic mass is 9.93. The predicted octanol–water partition coefficient (Wildman–Crippen LogP) is 6.47. The van der Waals surface area contributed by atoms with Gasteiger partial charge in [-0.3, -0.25) is 0 Å². The van der Waals surface area contributed by atoms with Crippen LogP contribution in [0.5, 0.6) is 0 Å². The SMILES string of the molecule is [N-]=[N+]=Nc1ccc2ccc3c(N=[N+]=[N-])ccc4ccc1c2c43. The van der Waals surface area contributed by atoms with Crippen LogP contribution in [-0.4, -0.2) is 0 Å². The number of rotatable bonds is 2. The first-order valence-electron chi connectivity index (χ1n) is 6.64. The maximum absolute atomic E-state index is 8.73. The van der Waals surface area contributed by atoms with Crippen LogP contribution in [-0.2, 0) is 0 Å². The summed E-state index contributed by atoms with van der Waals surface area (Å²) in [6.45, 7) is 0. The van der Waals surface area contributed by atoms with E-state index in [9.17, 15) is 0 Å². The molecule has 0 saturated carbocycles. The van der Waals surface area contributed by atoms with Crippen LogP contribution in [0.25, 0.3) is 53.2 Å². The van der Waals surface area contributed by atoms with Crippen molar-refractivity contribution in [2.45, 2.75) is 0 Å². The monoisotopic (exact) mass is 284 g/mol. The van der Waals surface area contributed by atoms with Crippen molar-refractivity contribution in [3.8, 4) is 0 Å². The molecule has 0 heterocycles. The standard InChI is InChI=1S/C16H8N6/c17-21-19-13-8-4-10-2-6-12-14(20-22-18)7-3-9-1-5-11(13)16(10)15(9)12/h1-8H. The molecule has 0 aromatic heterocycles. The second-order valence-electron chi connectivity index (χ2n) is 4.97. The summed E-state index contributed by atoms with van der Waals surface area (Å²) in [5.41, 5.74) is 18.7. The molecule has 0 aliphatic heterocycles. The minimum absolute atomic E-state index is 0.596. The third kappa shape index (κ3) is 1.56. The van der Waals surface area contributed by atoms with Crippen molar-refractivity contribution in [2.24, 2.45) is 10.2 Å². The molecule has 0 radical (unpaired) electrons. The van der Waals surface area contributed by atoms with E-state index in [1.165, 1.54) is 0 Å². The lowest BCUT2D eigenvalue weighted by Crippen LogP contribution is -1.84. The average molecular weight is 284 g/mol. The van der Waals surface area contributed by atoms with E-state index in [0.717, 1.165) is 32.3 Å². The van der Waals surface area contributed by atoms with Crippen LogP contribution in [0.3, 0.4) is 0 Å². The molecule has 4 rings (SSSR count). The molecule has 4 aromatic rings. The lowest BCUT2D eigenvalue weighted by molar-refractivity contribution is 1.51. The van der Waals surface area contributed by atoms with Gasteiger partial charge in [-0.25, -0.2) is 0 Å². The van der Waals surface area contributed by atoms with Crippen LogP contribution in [0.4, 0.5) is 11.4 Å². The second-order valence-corrected chi connectivity index (χ2v) is 4.97. The van der Waals surface area contributed by atoms with Gasteiger partial charge in [-0.2, -0.15) is 0 Å². The Morgan fingerprint density at radius 3 is 1.41 bits per heavy atom. The number of azide groups is 2. The van der Waals surface area contributed by atoms with Crippen molar-refractivity contribution < 1.29 is 0 Å². The van der Waals surface area contributed by atoms with Crippen molar-refractivity contribution in [3.63, 3.8) is 0 Å². The van der Waals surface area contributed by atoms with Crippen molar-refractivity contribution in [1.82, 2.24) is 0 Å². The summed E-state index contributed by atoms with van der Waals surface area (Å²) in [7, 11) is 0. The van der Waals surface area contributed by atoms with Crippen LogP contribution in [0.15, 0.2) is 58.8 Å². The molecular weight excluding hydrogens is 276 g/mol. The Morgan fingerprint density at radius 1 is 0.591 bits per heavy atom. The van der Waals surface area contributed by atoms with E-state index in [2.05, 4.69) is 20.1 Å². The predicted molar refractivity (Wildman–Crippen MR) is 87.8 cm³/mol. The Labute approximate surface area is 124 Å². The quantitative estimate of drug-likeness (QED) is 0.174. The Hall–Kier alpha value is -3.46. The Balaban J connectivity index is 2.32. The van der Waals surface area contributed by atoms with Gasteiger partial charge in [0.15, 0.2) is 0 Å². The Bertz CT molecular complexity index is 1040. The van der Waals surface area contributed by atoms with Crippen LogP contribution < -0.4 is 0 Å². The van der Waals surface area contributed by atoms with Gasteiger partial charge in [-0.1, -0.05) is 58.8 Å². The second kappa shape index (κ2) is 4.53. The Kier molecular flexibility index (Phi) is 2.53. The first-order valence-corrected chi connectivity index (χ1v) is 6.64. The average Bonchev–Trinajstić information content (AvgIpc) is 2.55. The molecule has 0 fully saturated rings. The van der Waals surface area contributed by atoms with E-state index < -0.39 is 0 Å². The highest BCUT2D eigenvalue weighted by atomic mass is 15.1. The van der Waals surface area contributed by atoms with Gasteiger partial charge in [0.05, 0.1) is 0 Å². The normalized spacial score (nSPS) is 10.7. The van der Waals surface area contributed by atoms with Gasteiger partial charge in [-0.05, 0) is 43.4 Å². The summed E-state index contributed by atoms with van der Waals surface area (Å²) in [6, 6.07) is 15.4. The molecule has 0 spiro atoms. The molecule has 0 N–H and O–H groups in total. The van der Waals surface area contributed by atoms with Crippen molar-refractivity contribution >= 4 is 43.7 Å². The van der Waals surface area contributed by atoms with Gasteiger partial charge in [0, 0.05) is 21.2 Å². The highest BCUT2D eigenvalue weighted by Crippen LogP contribution is 2.41. The maximum atomic E-state index is 8.73. The number of nitrogens with zero attached hydrogens (tertiary/aromatic N) is 6. The van der Waals surface area contributed by atoms with Gasteiger partial charge in [-0.15, -0.1) is 0 Å². The highest BCUT2D eigenvalue weighted by Gasteiger charge is 2.11. The van der Waals surface area contributed by atoms with Gasteiger partial charge in [0.25, 0.3) is 0 Å². The van der Waals surface area contributed by atoms with Gasteiger partial charge in [0.1, 0.15) is 0 Å². The smallest absolute Gasteiger partial charge is 0.0454 e. The molecule has 0 atom stereocenters. The van der Waals surface area contributed by atoms with E-state index in [4.69, 9.17) is 11.1 Å². The van der Waals surface area contributed by atoms with Crippen molar-refractivity contribution in [1.29, 1.82) is 0 Å². The molecule has 4 aromatic carbocycles. The molecule has 0 aliphatic rings. The minimum Gasteiger partial charge on any atom is -0.0601 e. The number of hydrogen-bond acceptors (Lipinski definition) is 2. The zero-order valence-electron chi connectivity index (χ0n) is 11.3. The van der Waals surface area contributed by atoms with E-state index in [1.54, 1.807) is 0 Å².